The number of likely N-dealkylation sites (tertiary alicyclic amines) is 1. The van der Waals surface area contributed by atoms with Gasteiger partial charge >= 0.3 is 6.09 Å². The Balaban J connectivity index is 1.35. The largest absolute Gasteiger partial charge is 0.496 e. The number of carbonyl (C=O) groups excluding carboxylic acids is 2. The number of allylic oxidation sites excluding steroid dienone is 1. The van der Waals surface area contributed by atoms with Crippen molar-refractivity contribution in [2.24, 2.45) is 5.92 Å². The molecular formula is C28H31N3O5. The van der Waals surface area contributed by atoms with Crippen LogP contribution in [0.5, 0.6) is 11.5 Å². The highest BCUT2D eigenvalue weighted by atomic mass is 16.6. The van der Waals surface area contributed by atoms with Gasteiger partial charge in [0.25, 0.3) is 0 Å². The number of rotatable bonds is 4. The number of aromatic amines is 1. The number of nitrogens with one attached hydrogen (secondary N) is 1. The molecule has 0 radical (unpaired) electrons. The van der Waals surface area contributed by atoms with Crippen molar-refractivity contribution in [1.29, 1.82) is 0 Å². The zero-order valence-corrected chi connectivity index (χ0v) is 21.1. The number of H-pyrrole nitrogens is 1. The van der Waals surface area contributed by atoms with Gasteiger partial charge in [-0.15, -0.1) is 0 Å². The number of carbonyl (C=O) groups is 2. The van der Waals surface area contributed by atoms with Crippen LogP contribution in [0.1, 0.15) is 55.2 Å². The first-order chi connectivity index (χ1) is 17.2. The summed E-state index contributed by atoms with van der Waals surface area (Å²) >= 11 is 0. The van der Waals surface area contributed by atoms with E-state index in [-0.39, 0.29) is 17.6 Å². The molecule has 1 saturated heterocycles. The highest BCUT2D eigenvalue weighted by Crippen LogP contribution is 2.42. The molecule has 2 aromatic carbocycles. The quantitative estimate of drug-likeness (QED) is 0.495. The summed E-state index contributed by atoms with van der Waals surface area (Å²) in [4.78, 5) is 27.4. The van der Waals surface area contributed by atoms with E-state index in [0.29, 0.717) is 48.2 Å². The fourth-order valence-electron chi connectivity index (χ4n) is 4.83. The Morgan fingerprint density at radius 1 is 1.19 bits per heavy atom. The van der Waals surface area contributed by atoms with Crippen molar-refractivity contribution >= 4 is 28.9 Å². The van der Waals surface area contributed by atoms with E-state index in [9.17, 15) is 9.59 Å². The summed E-state index contributed by atoms with van der Waals surface area (Å²) in [6, 6.07) is 11.3. The van der Waals surface area contributed by atoms with Crippen molar-refractivity contribution < 1.29 is 23.8 Å². The number of benzene rings is 2. The zero-order valence-electron chi connectivity index (χ0n) is 21.1. The lowest BCUT2D eigenvalue weighted by molar-refractivity contribution is 0.0184. The van der Waals surface area contributed by atoms with E-state index in [0.717, 1.165) is 29.3 Å². The van der Waals surface area contributed by atoms with Gasteiger partial charge in [0.2, 0.25) is 5.78 Å². The Hall–Kier alpha value is -3.81. The second kappa shape index (κ2) is 9.33. The van der Waals surface area contributed by atoms with E-state index in [1.807, 2.05) is 51.1 Å². The molecule has 1 amide bonds. The number of methoxy groups -OCH3 is 1. The minimum atomic E-state index is -0.511. The highest BCUT2D eigenvalue weighted by molar-refractivity contribution is 6.15. The van der Waals surface area contributed by atoms with Gasteiger partial charge in [-0.25, -0.2) is 4.79 Å². The second-order valence-electron chi connectivity index (χ2n) is 10.3. The Morgan fingerprint density at radius 2 is 1.94 bits per heavy atom. The molecule has 3 heterocycles. The van der Waals surface area contributed by atoms with Crippen LogP contribution in [0, 0.1) is 5.92 Å². The number of fused-ring (bicyclic) bond motifs is 2. The summed E-state index contributed by atoms with van der Waals surface area (Å²) in [6.07, 6.45) is 3.79. The lowest BCUT2D eigenvalue weighted by Crippen LogP contribution is -2.42. The van der Waals surface area contributed by atoms with E-state index in [1.165, 1.54) is 0 Å². The molecule has 0 spiro atoms. The third-order valence-electron chi connectivity index (χ3n) is 6.64. The zero-order chi connectivity index (χ0) is 25.4. The molecule has 0 unspecified atom stereocenters. The van der Waals surface area contributed by atoms with E-state index < -0.39 is 5.60 Å². The Bertz CT molecular complexity index is 1340. The average Bonchev–Trinajstić information content (AvgIpc) is 3.40. The van der Waals surface area contributed by atoms with Crippen molar-refractivity contribution in [3.63, 3.8) is 0 Å². The van der Waals surface area contributed by atoms with Gasteiger partial charge in [0.15, 0.2) is 5.76 Å². The van der Waals surface area contributed by atoms with E-state index in [4.69, 9.17) is 14.2 Å². The van der Waals surface area contributed by atoms with Crippen molar-refractivity contribution in [1.82, 2.24) is 15.1 Å². The van der Waals surface area contributed by atoms with Gasteiger partial charge < -0.3 is 19.1 Å². The molecule has 188 valence electrons. The third-order valence-corrected chi connectivity index (χ3v) is 6.64. The number of Topliss-reactive ketones (excluding diaryl/α,β-unsaturated/α-hetero) is 1. The fourth-order valence-corrected chi connectivity index (χ4v) is 4.83. The smallest absolute Gasteiger partial charge is 0.410 e. The topological polar surface area (TPSA) is 93.8 Å². The molecule has 2 aliphatic rings. The number of piperidine rings is 1. The van der Waals surface area contributed by atoms with Gasteiger partial charge in [-0.3, -0.25) is 9.89 Å². The standard InChI is InChI=1S/C28H31N3O5/c1-28(2,3)36-27(33)31-13-11-17(12-14-31)15-20-23(34-4)10-9-19-25(32)24(35-26(19)20)16-22-18-7-5-6-8-21(18)29-30-22/h5-10,16-17H,11-15H2,1-4H3,(H,29,30)/b24-16-. The normalized spacial score (nSPS) is 17.4. The molecule has 0 bridgehead atoms. The number of nitrogens with zero attached hydrogens (tertiary/aromatic N) is 2. The third kappa shape index (κ3) is 4.67. The van der Waals surface area contributed by atoms with E-state index >= 15 is 0 Å². The molecule has 0 saturated carbocycles. The van der Waals surface area contributed by atoms with Crippen molar-refractivity contribution in [3.05, 3.63) is 59.0 Å². The van der Waals surface area contributed by atoms with Gasteiger partial charge in [-0.1, -0.05) is 18.2 Å². The van der Waals surface area contributed by atoms with Crippen LogP contribution in [-0.2, 0) is 11.2 Å². The maximum atomic E-state index is 13.2. The Labute approximate surface area is 210 Å². The van der Waals surface area contributed by atoms with Crippen molar-refractivity contribution in [3.8, 4) is 11.5 Å². The SMILES string of the molecule is COc1ccc2c(c1CC1CCN(C(=O)OC(C)(C)C)CC1)O/C(=C\c1n[nH]c3ccccc13)C2=O. The molecule has 1 fully saturated rings. The van der Waals surface area contributed by atoms with Crippen molar-refractivity contribution in [2.75, 3.05) is 20.2 Å². The number of aromatic nitrogens is 2. The summed E-state index contributed by atoms with van der Waals surface area (Å²) in [5, 5.41) is 8.26. The molecule has 1 N–H and O–H groups in total. The maximum absolute atomic E-state index is 13.2. The predicted molar refractivity (Wildman–Crippen MR) is 136 cm³/mol. The Kier molecular flexibility index (Phi) is 6.20. The van der Waals surface area contributed by atoms with Gasteiger partial charge in [0.1, 0.15) is 17.1 Å². The fraction of sp³-hybridized carbons (Fsp3) is 0.393. The minimum absolute atomic E-state index is 0.166. The van der Waals surface area contributed by atoms with E-state index in [1.54, 1.807) is 24.2 Å². The molecule has 0 aliphatic carbocycles. The minimum Gasteiger partial charge on any atom is -0.496 e. The number of ketones is 1. The molecule has 8 heteroatoms. The van der Waals surface area contributed by atoms with Crippen LogP contribution in [-0.4, -0.2) is 52.8 Å². The molecule has 1 aromatic heterocycles. The van der Waals surface area contributed by atoms with Crippen LogP contribution >= 0.6 is 0 Å². The summed E-state index contributed by atoms with van der Waals surface area (Å²) in [5.74, 6) is 1.66. The molecule has 2 aliphatic heterocycles. The highest BCUT2D eigenvalue weighted by Gasteiger charge is 2.34. The molecular weight excluding hydrogens is 458 g/mol. The lowest BCUT2D eigenvalue weighted by Gasteiger charge is -2.33. The number of amides is 1. The summed E-state index contributed by atoms with van der Waals surface area (Å²) in [7, 11) is 1.62. The number of hydrogen-bond donors (Lipinski definition) is 1. The van der Waals surface area contributed by atoms with Crippen molar-refractivity contribution in [2.45, 2.75) is 45.6 Å². The molecule has 0 atom stereocenters. The van der Waals surface area contributed by atoms with Gasteiger partial charge in [0.05, 0.1) is 23.9 Å². The first-order valence-corrected chi connectivity index (χ1v) is 12.3. The number of para-hydroxylation sites is 1. The number of ether oxygens (including phenoxy) is 3. The summed E-state index contributed by atoms with van der Waals surface area (Å²) < 4.78 is 17.3. The number of hydrogen-bond acceptors (Lipinski definition) is 6. The summed E-state index contributed by atoms with van der Waals surface area (Å²) in [5.41, 5.74) is 2.46. The van der Waals surface area contributed by atoms with Crippen LogP contribution in [0.2, 0.25) is 0 Å². The van der Waals surface area contributed by atoms with Crippen LogP contribution in [0.25, 0.3) is 17.0 Å². The predicted octanol–water partition coefficient (Wildman–Crippen LogP) is 5.38. The first kappa shape index (κ1) is 23.9. The molecule has 8 nitrogen and oxygen atoms in total. The molecule has 3 aromatic rings. The molecule has 36 heavy (non-hydrogen) atoms. The molecule has 5 rings (SSSR count). The van der Waals surface area contributed by atoms with Gasteiger partial charge in [-0.2, -0.15) is 5.10 Å². The van der Waals surface area contributed by atoms with Crippen LogP contribution < -0.4 is 9.47 Å². The maximum Gasteiger partial charge on any atom is 0.410 e. The van der Waals surface area contributed by atoms with Crippen LogP contribution in [0.4, 0.5) is 4.79 Å². The van der Waals surface area contributed by atoms with E-state index in [2.05, 4.69) is 10.2 Å². The van der Waals surface area contributed by atoms with Gasteiger partial charge in [-0.05, 0) is 64.2 Å². The monoisotopic (exact) mass is 489 g/mol. The first-order valence-electron chi connectivity index (χ1n) is 12.3. The van der Waals surface area contributed by atoms with Crippen LogP contribution in [0.15, 0.2) is 42.2 Å². The lowest BCUT2D eigenvalue weighted by atomic mass is 9.88. The average molecular weight is 490 g/mol. The Morgan fingerprint density at radius 3 is 2.67 bits per heavy atom. The van der Waals surface area contributed by atoms with Gasteiger partial charge in [0, 0.05) is 30.1 Å². The second-order valence-corrected chi connectivity index (χ2v) is 10.3. The van der Waals surface area contributed by atoms with Crippen LogP contribution in [0.3, 0.4) is 0 Å². The summed E-state index contributed by atoms with van der Waals surface area (Å²) in [6.45, 7) is 6.89.